The van der Waals surface area contributed by atoms with Gasteiger partial charge in [-0.15, -0.1) is 11.3 Å². The Morgan fingerprint density at radius 3 is 2.28 bits per heavy atom. The second-order valence-electron chi connectivity index (χ2n) is 5.73. The summed E-state index contributed by atoms with van der Waals surface area (Å²) in [5, 5.41) is 2.33. The lowest BCUT2D eigenvalue weighted by Crippen LogP contribution is -2.51. The first-order chi connectivity index (χ1) is 11.9. The summed E-state index contributed by atoms with van der Waals surface area (Å²) in [6.45, 7) is 1.50. The Morgan fingerprint density at radius 1 is 1.12 bits per heavy atom. The van der Waals surface area contributed by atoms with Gasteiger partial charge in [-0.2, -0.15) is 4.31 Å². The van der Waals surface area contributed by atoms with E-state index in [9.17, 15) is 13.2 Å². The summed E-state index contributed by atoms with van der Waals surface area (Å²) in [7, 11) is -3.47. The SMILES string of the molecule is NC(=O)[C@H](c1ccc(Cl)cc1)N1CCN(S(=O)(=O)c2cccs2)CC1. The Hall–Kier alpha value is -1.45. The zero-order chi connectivity index (χ0) is 18.0. The van der Waals surface area contributed by atoms with E-state index in [1.807, 2.05) is 4.90 Å². The van der Waals surface area contributed by atoms with Crippen LogP contribution in [0.2, 0.25) is 5.02 Å². The van der Waals surface area contributed by atoms with E-state index in [4.69, 9.17) is 17.3 Å². The van der Waals surface area contributed by atoms with Gasteiger partial charge in [0.2, 0.25) is 5.91 Å². The molecule has 0 radical (unpaired) electrons. The minimum Gasteiger partial charge on any atom is -0.368 e. The van der Waals surface area contributed by atoms with Crippen LogP contribution < -0.4 is 5.73 Å². The average molecular weight is 400 g/mol. The number of primary amides is 1. The summed E-state index contributed by atoms with van der Waals surface area (Å²) in [5.74, 6) is -0.461. The fraction of sp³-hybridized carbons (Fsp3) is 0.312. The summed E-state index contributed by atoms with van der Waals surface area (Å²) in [4.78, 5) is 13.9. The Labute approximate surface area is 155 Å². The number of amides is 1. The molecule has 1 aromatic carbocycles. The van der Waals surface area contributed by atoms with Gasteiger partial charge in [0.1, 0.15) is 10.3 Å². The van der Waals surface area contributed by atoms with Gasteiger partial charge in [-0.3, -0.25) is 9.69 Å². The second-order valence-corrected chi connectivity index (χ2v) is 9.28. The number of piperazine rings is 1. The Kier molecular flexibility index (Phi) is 5.45. The lowest BCUT2D eigenvalue weighted by molar-refractivity contribution is -0.124. The molecule has 0 spiro atoms. The monoisotopic (exact) mass is 399 g/mol. The van der Waals surface area contributed by atoms with Crippen LogP contribution in [-0.2, 0) is 14.8 Å². The molecule has 1 saturated heterocycles. The molecule has 0 saturated carbocycles. The van der Waals surface area contributed by atoms with Crippen molar-refractivity contribution < 1.29 is 13.2 Å². The maximum atomic E-state index is 12.6. The van der Waals surface area contributed by atoms with E-state index >= 15 is 0 Å². The van der Waals surface area contributed by atoms with Crippen molar-refractivity contribution in [1.29, 1.82) is 0 Å². The number of hydrogen-bond acceptors (Lipinski definition) is 5. The molecule has 134 valence electrons. The predicted molar refractivity (Wildman–Crippen MR) is 98.0 cm³/mol. The Morgan fingerprint density at radius 2 is 1.76 bits per heavy atom. The molecule has 0 aliphatic carbocycles. The first-order valence-corrected chi connectivity index (χ1v) is 10.4. The zero-order valence-corrected chi connectivity index (χ0v) is 15.7. The Bertz CT molecular complexity index is 830. The minimum absolute atomic E-state index is 0.317. The van der Waals surface area contributed by atoms with Gasteiger partial charge >= 0.3 is 0 Å². The number of nitrogens with two attached hydrogens (primary N) is 1. The highest BCUT2D eigenvalue weighted by atomic mass is 35.5. The fourth-order valence-electron chi connectivity index (χ4n) is 2.94. The number of thiophene rings is 1. The molecule has 0 bridgehead atoms. The molecule has 3 rings (SSSR count). The third-order valence-electron chi connectivity index (χ3n) is 4.18. The van der Waals surface area contributed by atoms with E-state index in [1.165, 1.54) is 15.6 Å². The molecular formula is C16H18ClN3O3S2. The molecule has 9 heteroatoms. The van der Waals surface area contributed by atoms with Crippen LogP contribution in [0, 0.1) is 0 Å². The van der Waals surface area contributed by atoms with Crippen LogP contribution in [0.15, 0.2) is 46.0 Å². The van der Waals surface area contributed by atoms with Gasteiger partial charge in [-0.05, 0) is 29.1 Å². The number of sulfonamides is 1. The maximum Gasteiger partial charge on any atom is 0.252 e. The van der Waals surface area contributed by atoms with E-state index in [0.29, 0.717) is 35.4 Å². The molecule has 1 amide bonds. The molecule has 2 aromatic rings. The van der Waals surface area contributed by atoms with Crippen molar-refractivity contribution in [2.75, 3.05) is 26.2 Å². The van der Waals surface area contributed by atoms with Crippen LogP contribution >= 0.6 is 22.9 Å². The van der Waals surface area contributed by atoms with Crippen molar-refractivity contribution in [1.82, 2.24) is 9.21 Å². The number of carbonyl (C=O) groups is 1. The molecule has 1 fully saturated rings. The summed E-state index contributed by atoms with van der Waals surface area (Å²) < 4.78 is 26.9. The molecule has 1 aliphatic rings. The number of benzene rings is 1. The number of rotatable bonds is 5. The van der Waals surface area contributed by atoms with Crippen molar-refractivity contribution in [2.45, 2.75) is 10.3 Å². The smallest absolute Gasteiger partial charge is 0.252 e. The van der Waals surface area contributed by atoms with Gasteiger partial charge in [0.15, 0.2) is 0 Å². The van der Waals surface area contributed by atoms with Gasteiger partial charge in [0.05, 0.1) is 0 Å². The summed E-state index contributed by atoms with van der Waals surface area (Å²) >= 11 is 7.10. The highest BCUT2D eigenvalue weighted by Crippen LogP contribution is 2.26. The van der Waals surface area contributed by atoms with Crippen LogP contribution in [0.4, 0.5) is 0 Å². The third kappa shape index (κ3) is 3.88. The van der Waals surface area contributed by atoms with Crippen LogP contribution in [0.3, 0.4) is 0 Å². The van der Waals surface area contributed by atoms with Crippen LogP contribution in [0.5, 0.6) is 0 Å². The minimum atomic E-state index is -3.47. The Balaban J connectivity index is 1.74. The summed E-state index contributed by atoms with van der Waals surface area (Å²) in [6, 6.07) is 9.70. The van der Waals surface area contributed by atoms with E-state index in [1.54, 1.807) is 41.8 Å². The van der Waals surface area contributed by atoms with E-state index in [2.05, 4.69) is 0 Å². The molecule has 1 aliphatic heterocycles. The topological polar surface area (TPSA) is 83.7 Å². The second kappa shape index (κ2) is 7.43. The van der Waals surface area contributed by atoms with Gasteiger partial charge in [-0.1, -0.05) is 29.8 Å². The number of halogens is 1. The molecular weight excluding hydrogens is 382 g/mol. The van der Waals surface area contributed by atoms with Gasteiger partial charge < -0.3 is 5.73 Å². The first kappa shape index (κ1) is 18.3. The van der Waals surface area contributed by atoms with Crippen LogP contribution in [0.1, 0.15) is 11.6 Å². The standard InChI is InChI=1S/C16H18ClN3O3S2/c17-13-5-3-12(4-6-13)15(16(18)21)19-7-9-20(10-8-19)25(22,23)14-2-1-11-24-14/h1-6,11,15H,7-10H2,(H2,18,21)/t15-/m0/s1. The quantitative estimate of drug-likeness (QED) is 0.832. The van der Waals surface area contributed by atoms with Gasteiger partial charge in [0.25, 0.3) is 10.0 Å². The predicted octanol–water partition coefficient (Wildman–Crippen LogP) is 1.93. The van der Waals surface area contributed by atoms with E-state index in [0.717, 1.165) is 5.56 Å². The van der Waals surface area contributed by atoms with Gasteiger partial charge in [0, 0.05) is 31.2 Å². The number of nitrogens with zero attached hydrogens (tertiary/aromatic N) is 2. The fourth-order valence-corrected chi connectivity index (χ4v) is 5.63. The van der Waals surface area contributed by atoms with E-state index < -0.39 is 22.0 Å². The van der Waals surface area contributed by atoms with E-state index in [-0.39, 0.29) is 0 Å². The lowest BCUT2D eigenvalue weighted by atomic mass is 10.0. The van der Waals surface area contributed by atoms with Crippen LogP contribution in [-0.4, -0.2) is 49.7 Å². The largest absolute Gasteiger partial charge is 0.368 e. The van der Waals surface area contributed by atoms with Crippen molar-refractivity contribution in [3.05, 3.63) is 52.4 Å². The first-order valence-electron chi connectivity index (χ1n) is 7.72. The number of carbonyl (C=O) groups excluding carboxylic acids is 1. The van der Waals surface area contributed by atoms with Gasteiger partial charge in [-0.25, -0.2) is 8.42 Å². The highest BCUT2D eigenvalue weighted by molar-refractivity contribution is 7.91. The summed E-state index contributed by atoms with van der Waals surface area (Å²) in [6.07, 6.45) is 0. The summed E-state index contributed by atoms with van der Waals surface area (Å²) in [5.41, 5.74) is 6.35. The zero-order valence-electron chi connectivity index (χ0n) is 13.3. The normalized spacial score (nSPS) is 18.1. The van der Waals surface area contributed by atoms with Crippen molar-refractivity contribution >= 4 is 38.9 Å². The highest BCUT2D eigenvalue weighted by Gasteiger charge is 2.33. The molecule has 0 unspecified atom stereocenters. The average Bonchev–Trinajstić information content (AvgIpc) is 3.12. The number of hydrogen-bond donors (Lipinski definition) is 1. The molecule has 1 atom stereocenters. The van der Waals surface area contributed by atoms with Crippen molar-refractivity contribution in [3.63, 3.8) is 0 Å². The third-order valence-corrected chi connectivity index (χ3v) is 7.71. The molecule has 1 aromatic heterocycles. The molecule has 25 heavy (non-hydrogen) atoms. The maximum absolute atomic E-state index is 12.6. The van der Waals surface area contributed by atoms with Crippen molar-refractivity contribution in [3.8, 4) is 0 Å². The lowest BCUT2D eigenvalue weighted by Gasteiger charge is -2.37. The van der Waals surface area contributed by atoms with Crippen molar-refractivity contribution in [2.24, 2.45) is 5.73 Å². The van der Waals surface area contributed by atoms with Crippen LogP contribution in [0.25, 0.3) is 0 Å². The molecule has 2 heterocycles. The molecule has 2 N–H and O–H groups in total. The molecule has 6 nitrogen and oxygen atoms in total.